The second-order valence-electron chi connectivity index (χ2n) is 7.03. The first-order valence-corrected chi connectivity index (χ1v) is 9.65. The molecule has 0 amide bonds. The molecule has 0 nitrogen and oxygen atoms in total. The molecule has 3 rings (SSSR count). The molecule has 0 aliphatic carbocycles. The summed E-state index contributed by atoms with van der Waals surface area (Å²) in [5.41, 5.74) is 9.75. The molecule has 0 atom stereocenters. The summed E-state index contributed by atoms with van der Waals surface area (Å²) in [5.74, 6) is 0. The van der Waals surface area contributed by atoms with E-state index in [2.05, 4.69) is 89.2 Å². The van der Waals surface area contributed by atoms with Gasteiger partial charge in [-0.05, 0) is 81.0 Å². The minimum Gasteiger partial charge on any atom is -0.0895 e. The van der Waals surface area contributed by atoms with Crippen molar-refractivity contribution in [2.24, 2.45) is 0 Å². The van der Waals surface area contributed by atoms with Crippen molar-refractivity contribution in [1.29, 1.82) is 0 Å². The van der Waals surface area contributed by atoms with Gasteiger partial charge in [0.05, 0.1) is 0 Å². The first-order chi connectivity index (χ1) is 11.9. The standard InChI is InChI=1S/C24H26S/c1-16-11-17(2)13-21(12-16)15-23-18(3)14-19(4)24(20(23)5)25-22-9-7-6-8-10-22/h6-14H,15H2,1-5H3. The maximum atomic E-state index is 2.34. The Balaban J connectivity index is 2.00. The Morgan fingerprint density at radius 2 is 1.36 bits per heavy atom. The Labute approximate surface area is 156 Å². The summed E-state index contributed by atoms with van der Waals surface area (Å²) in [5, 5.41) is 0. The van der Waals surface area contributed by atoms with Crippen LogP contribution in [-0.4, -0.2) is 0 Å². The highest BCUT2D eigenvalue weighted by Crippen LogP contribution is 2.36. The summed E-state index contributed by atoms with van der Waals surface area (Å²) in [6.07, 6.45) is 1.00. The molecule has 3 aromatic rings. The van der Waals surface area contributed by atoms with E-state index >= 15 is 0 Å². The van der Waals surface area contributed by atoms with Crippen molar-refractivity contribution in [3.63, 3.8) is 0 Å². The molecular formula is C24H26S. The number of hydrogen-bond acceptors (Lipinski definition) is 1. The highest BCUT2D eigenvalue weighted by Gasteiger charge is 2.13. The molecule has 0 aromatic heterocycles. The Bertz CT molecular complexity index is 871. The van der Waals surface area contributed by atoms with Gasteiger partial charge in [-0.2, -0.15) is 0 Å². The molecule has 3 aromatic carbocycles. The molecule has 0 aliphatic rings. The zero-order chi connectivity index (χ0) is 18.0. The molecule has 0 heterocycles. The third-order valence-electron chi connectivity index (χ3n) is 4.69. The molecule has 0 saturated heterocycles. The van der Waals surface area contributed by atoms with Gasteiger partial charge in [0.15, 0.2) is 0 Å². The summed E-state index contributed by atoms with van der Waals surface area (Å²) < 4.78 is 0. The SMILES string of the molecule is Cc1cc(C)cc(Cc2c(C)cc(C)c(Sc3ccccc3)c2C)c1. The Morgan fingerprint density at radius 1 is 0.720 bits per heavy atom. The van der Waals surface area contributed by atoms with Gasteiger partial charge in [-0.25, -0.2) is 0 Å². The minimum absolute atomic E-state index is 1.00. The van der Waals surface area contributed by atoms with Crippen LogP contribution >= 0.6 is 11.8 Å². The lowest BCUT2D eigenvalue weighted by atomic mass is 9.93. The van der Waals surface area contributed by atoms with Crippen LogP contribution in [0.1, 0.15) is 38.9 Å². The lowest BCUT2D eigenvalue weighted by Crippen LogP contribution is -2.00. The van der Waals surface area contributed by atoms with Gasteiger partial charge in [-0.3, -0.25) is 0 Å². The maximum Gasteiger partial charge on any atom is 0.0183 e. The van der Waals surface area contributed by atoms with Crippen LogP contribution in [0, 0.1) is 34.6 Å². The summed E-state index contributed by atoms with van der Waals surface area (Å²) in [7, 11) is 0. The lowest BCUT2D eigenvalue weighted by molar-refractivity contribution is 1.06. The summed E-state index contributed by atoms with van der Waals surface area (Å²) in [4.78, 5) is 2.70. The highest BCUT2D eigenvalue weighted by atomic mass is 32.2. The third kappa shape index (κ3) is 4.16. The zero-order valence-corrected chi connectivity index (χ0v) is 16.6. The van der Waals surface area contributed by atoms with Crippen molar-refractivity contribution in [3.8, 4) is 0 Å². The Kier molecular flexibility index (Phi) is 5.34. The molecule has 0 radical (unpaired) electrons. The molecule has 0 fully saturated rings. The largest absolute Gasteiger partial charge is 0.0895 e. The van der Waals surface area contributed by atoms with Gasteiger partial charge in [0.25, 0.3) is 0 Å². The highest BCUT2D eigenvalue weighted by molar-refractivity contribution is 7.99. The van der Waals surface area contributed by atoms with E-state index in [1.807, 2.05) is 11.8 Å². The fourth-order valence-corrected chi connectivity index (χ4v) is 4.64. The van der Waals surface area contributed by atoms with E-state index in [4.69, 9.17) is 0 Å². The van der Waals surface area contributed by atoms with Crippen molar-refractivity contribution >= 4 is 11.8 Å². The quantitative estimate of drug-likeness (QED) is 0.491. The number of aryl methyl sites for hydroxylation is 4. The predicted molar refractivity (Wildman–Crippen MR) is 110 cm³/mol. The topological polar surface area (TPSA) is 0 Å². The second-order valence-corrected chi connectivity index (χ2v) is 8.11. The smallest absolute Gasteiger partial charge is 0.0183 e. The van der Waals surface area contributed by atoms with Gasteiger partial charge in [0.1, 0.15) is 0 Å². The van der Waals surface area contributed by atoms with E-state index in [9.17, 15) is 0 Å². The Morgan fingerprint density at radius 3 is 2.00 bits per heavy atom. The fraction of sp³-hybridized carbons (Fsp3) is 0.250. The van der Waals surface area contributed by atoms with Crippen LogP contribution in [0.15, 0.2) is 64.4 Å². The van der Waals surface area contributed by atoms with Crippen LogP contribution in [-0.2, 0) is 6.42 Å². The number of hydrogen-bond donors (Lipinski definition) is 0. The average molecular weight is 347 g/mol. The number of rotatable bonds is 4. The van der Waals surface area contributed by atoms with E-state index in [1.165, 1.54) is 48.7 Å². The molecule has 0 bridgehead atoms. The molecule has 1 heteroatoms. The predicted octanol–water partition coefficient (Wildman–Crippen LogP) is 6.97. The van der Waals surface area contributed by atoms with Crippen LogP contribution in [0.25, 0.3) is 0 Å². The first kappa shape index (κ1) is 17.8. The molecule has 0 aliphatic heterocycles. The zero-order valence-electron chi connectivity index (χ0n) is 15.8. The van der Waals surface area contributed by atoms with Gasteiger partial charge in [0, 0.05) is 9.79 Å². The van der Waals surface area contributed by atoms with E-state index < -0.39 is 0 Å². The van der Waals surface area contributed by atoms with E-state index in [-0.39, 0.29) is 0 Å². The van der Waals surface area contributed by atoms with Crippen molar-refractivity contribution in [1.82, 2.24) is 0 Å². The van der Waals surface area contributed by atoms with E-state index in [0.29, 0.717) is 0 Å². The summed E-state index contributed by atoms with van der Waals surface area (Å²) in [6.45, 7) is 11.1. The lowest BCUT2D eigenvalue weighted by Gasteiger charge is -2.18. The molecular weight excluding hydrogens is 320 g/mol. The van der Waals surface area contributed by atoms with E-state index in [1.54, 1.807) is 0 Å². The Hall–Kier alpha value is -1.99. The summed E-state index contributed by atoms with van der Waals surface area (Å²) in [6, 6.07) is 19.9. The van der Waals surface area contributed by atoms with Gasteiger partial charge >= 0.3 is 0 Å². The van der Waals surface area contributed by atoms with Crippen molar-refractivity contribution in [2.75, 3.05) is 0 Å². The molecule has 0 unspecified atom stereocenters. The van der Waals surface area contributed by atoms with Crippen LogP contribution in [0.2, 0.25) is 0 Å². The molecule has 0 N–H and O–H groups in total. The second kappa shape index (κ2) is 7.49. The minimum atomic E-state index is 1.00. The van der Waals surface area contributed by atoms with Crippen LogP contribution < -0.4 is 0 Å². The van der Waals surface area contributed by atoms with Crippen LogP contribution in [0.3, 0.4) is 0 Å². The molecule has 0 saturated carbocycles. The third-order valence-corrected chi connectivity index (χ3v) is 6.03. The van der Waals surface area contributed by atoms with Gasteiger partial charge in [-0.1, -0.05) is 65.4 Å². The normalized spacial score (nSPS) is 10.9. The van der Waals surface area contributed by atoms with E-state index in [0.717, 1.165) is 6.42 Å². The van der Waals surface area contributed by atoms with Gasteiger partial charge in [-0.15, -0.1) is 0 Å². The monoisotopic (exact) mass is 346 g/mol. The average Bonchev–Trinajstić information content (AvgIpc) is 2.55. The molecule has 128 valence electrons. The maximum absolute atomic E-state index is 2.34. The van der Waals surface area contributed by atoms with Crippen molar-refractivity contribution in [3.05, 3.63) is 93.5 Å². The first-order valence-electron chi connectivity index (χ1n) is 8.84. The van der Waals surface area contributed by atoms with Crippen LogP contribution in [0.5, 0.6) is 0 Å². The molecule has 25 heavy (non-hydrogen) atoms. The van der Waals surface area contributed by atoms with Gasteiger partial charge < -0.3 is 0 Å². The van der Waals surface area contributed by atoms with Crippen molar-refractivity contribution < 1.29 is 0 Å². The summed E-state index contributed by atoms with van der Waals surface area (Å²) >= 11 is 1.88. The molecule has 0 spiro atoms. The van der Waals surface area contributed by atoms with Crippen molar-refractivity contribution in [2.45, 2.75) is 50.8 Å². The van der Waals surface area contributed by atoms with Gasteiger partial charge in [0.2, 0.25) is 0 Å². The number of benzene rings is 3. The fourth-order valence-electron chi connectivity index (χ4n) is 3.62. The van der Waals surface area contributed by atoms with Crippen LogP contribution in [0.4, 0.5) is 0 Å².